The molecule has 3 fully saturated rings. The van der Waals surface area contributed by atoms with Crippen LogP contribution in [-0.2, 0) is 4.74 Å². The summed E-state index contributed by atoms with van der Waals surface area (Å²) in [5.41, 5.74) is -0.147. The summed E-state index contributed by atoms with van der Waals surface area (Å²) in [4.78, 5) is 12.1. The smallest absolute Gasteiger partial charge is 0.315 e. The number of ether oxygens (including phenoxy) is 1. The fraction of sp³-hybridized carbons (Fsp3) is 0.929. The van der Waals surface area contributed by atoms with Gasteiger partial charge in [0.05, 0.1) is 6.10 Å². The Kier molecular flexibility index (Phi) is 3.60. The fourth-order valence-corrected chi connectivity index (χ4v) is 3.94. The molecule has 0 aromatic carbocycles. The lowest BCUT2D eigenvalue weighted by atomic mass is 9.57. The Balaban J connectivity index is 1.57. The number of amides is 2. The molecule has 2 amide bonds. The molecule has 2 aliphatic heterocycles. The maximum absolute atomic E-state index is 13.7. The first-order valence-electron chi connectivity index (χ1n) is 7.59. The van der Waals surface area contributed by atoms with Crippen molar-refractivity contribution in [2.45, 2.75) is 50.8 Å². The van der Waals surface area contributed by atoms with Gasteiger partial charge in [0, 0.05) is 43.5 Å². The summed E-state index contributed by atoms with van der Waals surface area (Å²) in [6, 6.07) is -1.67. The Morgan fingerprint density at radius 3 is 2.81 bits per heavy atom. The van der Waals surface area contributed by atoms with Gasteiger partial charge in [-0.1, -0.05) is 13.8 Å². The van der Waals surface area contributed by atoms with E-state index in [9.17, 15) is 13.6 Å². The van der Waals surface area contributed by atoms with Crippen LogP contribution >= 0.6 is 0 Å². The summed E-state index contributed by atoms with van der Waals surface area (Å²) >= 11 is 0. The minimum atomic E-state index is -2.85. The molecule has 3 N–H and O–H groups in total. The van der Waals surface area contributed by atoms with Gasteiger partial charge in [0.2, 0.25) is 0 Å². The number of hydrogen-bond acceptors (Lipinski definition) is 3. The number of urea groups is 1. The van der Waals surface area contributed by atoms with Crippen LogP contribution in [0.15, 0.2) is 0 Å². The van der Waals surface area contributed by atoms with E-state index in [0.717, 1.165) is 6.42 Å². The van der Waals surface area contributed by atoms with Gasteiger partial charge in [-0.3, -0.25) is 0 Å². The van der Waals surface area contributed by atoms with Gasteiger partial charge in [-0.2, -0.15) is 0 Å². The molecule has 1 aliphatic carbocycles. The molecule has 4 unspecified atom stereocenters. The molecule has 1 saturated carbocycles. The quantitative estimate of drug-likeness (QED) is 0.716. The third kappa shape index (κ3) is 2.50. The van der Waals surface area contributed by atoms with Crippen molar-refractivity contribution in [2.24, 2.45) is 11.3 Å². The van der Waals surface area contributed by atoms with Gasteiger partial charge in [0.25, 0.3) is 5.92 Å². The van der Waals surface area contributed by atoms with E-state index in [1.54, 1.807) is 0 Å². The topological polar surface area (TPSA) is 62.4 Å². The number of carbonyl (C=O) groups is 1. The van der Waals surface area contributed by atoms with Crippen LogP contribution in [-0.4, -0.2) is 49.8 Å². The van der Waals surface area contributed by atoms with Crippen molar-refractivity contribution < 1.29 is 18.3 Å². The zero-order valence-electron chi connectivity index (χ0n) is 12.4. The molecule has 0 aromatic rings. The molecule has 4 atom stereocenters. The number of alkyl halides is 2. The summed E-state index contributed by atoms with van der Waals surface area (Å²) in [5, 5.41) is 8.18. The molecule has 7 heteroatoms. The number of carbonyl (C=O) groups excluding carboxylic acids is 1. The van der Waals surface area contributed by atoms with E-state index in [1.807, 2.05) is 13.8 Å². The molecule has 0 radical (unpaired) electrons. The predicted octanol–water partition coefficient (Wildman–Crippen LogP) is 1.10. The minimum Gasteiger partial charge on any atom is -0.377 e. The highest BCUT2D eigenvalue weighted by Gasteiger charge is 2.60. The first kappa shape index (κ1) is 15.0. The van der Waals surface area contributed by atoms with Crippen molar-refractivity contribution in [2.75, 3.05) is 19.7 Å². The number of nitrogens with one attached hydrogen (secondary N) is 3. The number of rotatable bonds is 2. The molecule has 2 saturated heterocycles. The lowest BCUT2D eigenvalue weighted by Gasteiger charge is -2.54. The molecule has 120 valence electrons. The molecule has 3 aliphatic rings. The van der Waals surface area contributed by atoms with Gasteiger partial charge in [-0.25, -0.2) is 13.6 Å². The Morgan fingerprint density at radius 1 is 1.33 bits per heavy atom. The van der Waals surface area contributed by atoms with E-state index in [1.165, 1.54) is 0 Å². The lowest BCUT2D eigenvalue weighted by molar-refractivity contribution is -0.108. The molecular weight excluding hydrogens is 280 g/mol. The van der Waals surface area contributed by atoms with Crippen LogP contribution in [0.2, 0.25) is 0 Å². The molecule has 3 rings (SSSR count). The Labute approximate surface area is 123 Å². The van der Waals surface area contributed by atoms with Gasteiger partial charge in [0.1, 0.15) is 6.04 Å². The van der Waals surface area contributed by atoms with Gasteiger partial charge in [-0.15, -0.1) is 0 Å². The minimum absolute atomic E-state index is 0.0184. The molecular formula is C14H23F2N3O2. The molecule has 0 spiro atoms. The van der Waals surface area contributed by atoms with Crippen LogP contribution in [0.5, 0.6) is 0 Å². The summed E-state index contributed by atoms with van der Waals surface area (Å²) in [7, 11) is 0. The molecule has 2 heterocycles. The zero-order chi connectivity index (χ0) is 15.3. The fourth-order valence-electron chi connectivity index (χ4n) is 3.94. The summed E-state index contributed by atoms with van der Waals surface area (Å²) in [6.07, 6.45) is 0.839. The average Bonchev–Trinajstić information content (AvgIpc) is 2.85. The molecule has 0 aromatic heterocycles. The van der Waals surface area contributed by atoms with Gasteiger partial charge >= 0.3 is 6.03 Å². The third-order valence-electron chi connectivity index (χ3n) is 5.19. The van der Waals surface area contributed by atoms with Crippen LogP contribution in [0.1, 0.15) is 26.7 Å². The normalized spacial score (nSPS) is 40.0. The van der Waals surface area contributed by atoms with Crippen molar-refractivity contribution in [3.8, 4) is 0 Å². The summed E-state index contributed by atoms with van der Waals surface area (Å²) < 4.78 is 33.1. The second-order valence-electron chi connectivity index (χ2n) is 6.93. The largest absolute Gasteiger partial charge is 0.377 e. The van der Waals surface area contributed by atoms with E-state index in [0.29, 0.717) is 12.5 Å². The lowest BCUT2D eigenvalue weighted by Crippen LogP contribution is -2.69. The monoisotopic (exact) mass is 303 g/mol. The molecule has 5 nitrogen and oxygen atoms in total. The van der Waals surface area contributed by atoms with Gasteiger partial charge < -0.3 is 20.7 Å². The SMILES string of the molecule is CC1(C)C(NC(=O)NC2CNCCC2(F)F)C2CCOC21. The zero-order valence-corrected chi connectivity index (χ0v) is 12.4. The van der Waals surface area contributed by atoms with E-state index >= 15 is 0 Å². The second-order valence-corrected chi connectivity index (χ2v) is 6.93. The Hall–Kier alpha value is -0.950. The van der Waals surface area contributed by atoms with E-state index < -0.39 is 18.0 Å². The van der Waals surface area contributed by atoms with Gasteiger partial charge in [0.15, 0.2) is 0 Å². The maximum atomic E-state index is 13.7. The Bertz CT molecular complexity index is 430. The highest BCUT2D eigenvalue weighted by molar-refractivity contribution is 5.75. The van der Waals surface area contributed by atoms with Crippen molar-refractivity contribution in [1.82, 2.24) is 16.0 Å². The number of fused-ring (bicyclic) bond motifs is 1. The second kappa shape index (κ2) is 5.05. The first-order valence-corrected chi connectivity index (χ1v) is 7.59. The molecule has 0 bridgehead atoms. The average molecular weight is 303 g/mol. The highest BCUT2D eigenvalue weighted by atomic mass is 19.3. The van der Waals surface area contributed by atoms with Crippen molar-refractivity contribution >= 4 is 6.03 Å². The van der Waals surface area contributed by atoms with E-state index in [-0.39, 0.29) is 37.1 Å². The van der Waals surface area contributed by atoms with Crippen LogP contribution in [0.25, 0.3) is 0 Å². The van der Waals surface area contributed by atoms with Crippen molar-refractivity contribution in [3.63, 3.8) is 0 Å². The predicted molar refractivity (Wildman–Crippen MR) is 73.3 cm³/mol. The Morgan fingerprint density at radius 2 is 2.10 bits per heavy atom. The first-order chi connectivity index (χ1) is 9.82. The van der Waals surface area contributed by atoms with Crippen LogP contribution in [0.4, 0.5) is 13.6 Å². The standard InChI is InChI=1S/C14H23F2N3O2/c1-13(2)10(8-3-6-21-11(8)13)19-12(20)18-9-7-17-5-4-14(9,15)16/h8-11,17H,3-7H2,1-2H3,(H2,18,19,20). The van der Waals surface area contributed by atoms with E-state index in [2.05, 4.69) is 16.0 Å². The highest BCUT2D eigenvalue weighted by Crippen LogP contribution is 2.52. The number of halogens is 2. The summed E-state index contributed by atoms with van der Waals surface area (Å²) in [6.45, 7) is 5.18. The van der Waals surface area contributed by atoms with Crippen molar-refractivity contribution in [3.05, 3.63) is 0 Å². The summed E-state index contributed by atoms with van der Waals surface area (Å²) in [5.74, 6) is -2.55. The molecule has 21 heavy (non-hydrogen) atoms. The van der Waals surface area contributed by atoms with Crippen molar-refractivity contribution in [1.29, 1.82) is 0 Å². The van der Waals surface area contributed by atoms with Gasteiger partial charge in [-0.05, 0) is 6.42 Å². The number of piperidine rings is 1. The third-order valence-corrected chi connectivity index (χ3v) is 5.19. The maximum Gasteiger partial charge on any atom is 0.315 e. The number of hydrogen-bond donors (Lipinski definition) is 3. The van der Waals surface area contributed by atoms with E-state index in [4.69, 9.17) is 4.74 Å². The van der Waals surface area contributed by atoms with Crippen LogP contribution in [0, 0.1) is 11.3 Å². The van der Waals surface area contributed by atoms with Crippen LogP contribution in [0.3, 0.4) is 0 Å². The van der Waals surface area contributed by atoms with Crippen LogP contribution < -0.4 is 16.0 Å².